The minimum atomic E-state index is 0.226. The van der Waals surface area contributed by atoms with Crippen LogP contribution >= 0.6 is 22.9 Å². The van der Waals surface area contributed by atoms with Crippen LogP contribution in [0.15, 0.2) is 34.3 Å². The van der Waals surface area contributed by atoms with Crippen LogP contribution in [0.3, 0.4) is 0 Å². The van der Waals surface area contributed by atoms with Crippen molar-refractivity contribution in [3.63, 3.8) is 0 Å². The van der Waals surface area contributed by atoms with Crippen molar-refractivity contribution in [2.24, 2.45) is 0 Å². The molecule has 1 N–H and O–H groups in total. The first-order valence-electron chi connectivity index (χ1n) is 4.74. The van der Waals surface area contributed by atoms with Crippen LogP contribution in [0.2, 0.25) is 5.02 Å². The summed E-state index contributed by atoms with van der Waals surface area (Å²) < 4.78 is 5.33. The summed E-state index contributed by atoms with van der Waals surface area (Å²) in [4.78, 5) is 1.16. The number of rotatable bonds is 4. The summed E-state index contributed by atoms with van der Waals surface area (Å²) in [5.41, 5.74) is 0. The molecule has 4 heteroatoms. The third-order valence-electron chi connectivity index (χ3n) is 2.30. The van der Waals surface area contributed by atoms with Gasteiger partial charge in [-0.25, -0.2) is 0 Å². The Balaban J connectivity index is 2.15. The molecule has 2 nitrogen and oxygen atoms in total. The van der Waals surface area contributed by atoms with E-state index in [1.54, 1.807) is 17.6 Å². The smallest absolute Gasteiger partial charge is 0.105 e. The van der Waals surface area contributed by atoms with Gasteiger partial charge in [0.25, 0.3) is 0 Å². The van der Waals surface area contributed by atoms with E-state index in [2.05, 4.69) is 5.32 Å². The van der Waals surface area contributed by atoms with E-state index in [1.807, 2.05) is 30.6 Å². The van der Waals surface area contributed by atoms with E-state index in [0.29, 0.717) is 0 Å². The van der Waals surface area contributed by atoms with Crippen molar-refractivity contribution in [1.82, 2.24) is 5.32 Å². The van der Waals surface area contributed by atoms with Gasteiger partial charge in [-0.2, -0.15) is 0 Å². The maximum Gasteiger partial charge on any atom is 0.105 e. The minimum absolute atomic E-state index is 0.226. The van der Waals surface area contributed by atoms with Gasteiger partial charge in [0.15, 0.2) is 0 Å². The molecule has 0 radical (unpaired) electrons. The average Bonchev–Trinajstić information content (AvgIpc) is 2.85. The van der Waals surface area contributed by atoms with Crippen LogP contribution < -0.4 is 5.32 Å². The lowest BCUT2D eigenvalue weighted by atomic mass is 10.1. The van der Waals surface area contributed by atoms with Crippen LogP contribution in [0.4, 0.5) is 0 Å². The van der Waals surface area contributed by atoms with Crippen molar-refractivity contribution in [2.75, 3.05) is 7.05 Å². The van der Waals surface area contributed by atoms with E-state index >= 15 is 0 Å². The molecule has 0 saturated carbocycles. The SMILES string of the molecule is CNC(Cc1ccco1)c1sccc1Cl. The molecule has 0 spiro atoms. The summed E-state index contributed by atoms with van der Waals surface area (Å²) in [5.74, 6) is 0.971. The molecule has 0 saturated heterocycles. The molecule has 15 heavy (non-hydrogen) atoms. The fourth-order valence-electron chi connectivity index (χ4n) is 1.51. The molecule has 1 unspecified atom stereocenters. The van der Waals surface area contributed by atoms with Crippen LogP contribution in [0.25, 0.3) is 0 Å². The van der Waals surface area contributed by atoms with Crippen LogP contribution in [-0.4, -0.2) is 7.05 Å². The van der Waals surface area contributed by atoms with Crippen molar-refractivity contribution in [2.45, 2.75) is 12.5 Å². The highest BCUT2D eigenvalue weighted by Crippen LogP contribution is 2.30. The van der Waals surface area contributed by atoms with Gasteiger partial charge in [0.05, 0.1) is 11.3 Å². The standard InChI is InChI=1S/C11H12ClNOS/c1-13-10(7-8-3-2-5-14-8)11-9(12)4-6-15-11/h2-6,10,13H,7H2,1H3. The number of halogens is 1. The Kier molecular flexibility index (Phi) is 3.46. The molecule has 0 aliphatic rings. The minimum Gasteiger partial charge on any atom is -0.469 e. The van der Waals surface area contributed by atoms with E-state index in [-0.39, 0.29) is 6.04 Å². The summed E-state index contributed by atoms with van der Waals surface area (Å²) in [5, 5.41) is 6.08. The maximum atomic E-state index is 6.09. The fraction of sp³-hybridized carbons (Fsp3) is 0.273. The zero-order valence-electron chi connectivity index (χ0n) is 8.37. The molecule has 2 heterocycles. The van der Waals surface area contributed by atoms with Gasteiger partial charge in [-0.1, -0.05) is 11.6 Å². The van der Waals surface area contributed by atoms with Crippen LogP contribution in [0, 0.1) is 0 Å². The Labute approximate surface area is 97.9 Å². The first-order valence-corrected chi connectivity index (χ1v) is 5.99. The number of furan rings is 1. The quantitative estimate of drug-likeness (QED) is 0.887. The Bertz CT molecular complexity index is 410. The Hall–Kier alpha value is -0.770. The number of hydrogen-bond donors (Lipinski definition) is 1. The lowest BCUT2D eigenvalue weighted by molar-refractivity contribution is 0.469. The maximum absolute atomic E-state index is 6.09. The second kappa shape index (κ2) is 4.84. The molecule has 0 bridgehead atoms. The lowest BCUT2D eigenvalue weighted by Crippen LogP contribution is -2.17. The average molecular weight is 242 g/mol. The van der Waals surface area contributed by atoms with E-state index in [4.69, 9.17) is 16.0 Å². The molecule has 0 aliphatic carbocycles. The van der Waals surface area contributed by atoms with Gasteiger partial charge in [0.1, 0.15) is 5.76 Å². The molecule has 1 atom stereocenters. The summed E-state index contributed by atoms with van der Waals surface area (Å²) in [6, 6.07) is 6.03. The molecule has 0 aliphatic heterocycles. The monoisotopic (exact) mass is 241 g/mol. The van der Waals surface area contributed by atoms with Crippen molar-refractivity contribution in [3.8, 4) is 0 Å². The van der Waals surface area contributed by atoms with Crippen molar-refractivity contribution in [1.29, 1.82) is 0 Å². The highest BCUT2D eigenvalue weighted by molar-refractivity contribution is 7.10. The predicted molar refractivity (Wildman–Crippen MR) is 63.5 cm³/mol. The zero-order chi connectivity index (χ0) is 10.7. The summed E-state index contributed by atoms with van der Waals surface area (Å²) in [7, 11) is 1.93. The van der Waals surface area contributed by atoms with E-state index < -0.39 is 0 Å². The number of likely N-dealkylation sites (N-methyl/N-ethyl adjacent to an activating group) is 1. The summed E-state index contributed by atoms with van der Waals surface area (Å²) in [6.45, 7) is 0. The third-order valence-corrected chi connectivity index (χ3v) is 3.77. The summed E-state index contributed by atoms with van der Waals surface area (Å²) >= 11 is 7.76. The second-order valence-corrected chi connectivity index (χ2v) is 4.61. The molecule has 0 amide bonds. The zero-order valence-corrected chi connectivity index (χ0v) is 9.94. The highest BCUT2D eigenvalue weighted by Gasteiger charge is 2.15. The number of nitrogens with one attached hydrogen (secondary N) is 1. The third kappa shape index (κ3) is 2.43. The number of hydrogen-bond acceptors (Lipinski definition) is 3. The molecule has 0 aromatic carbocycles. The molecule has 2 aromatic heterocycles. The lowest BCUT2D eigenvalue weighted by Gasteiger charge is -2.13. The van der Waals surface area contributed by atoms with Gasteiger partial charge < -0.3 is 9.73 Å². The Morgan fingerprint density at radius 2 is 2.40 bits per heavy atom. The second-order valence-electron chi connectivity index (χ2n) is 3.26. The normalized spacial score (nSPS) is 12.9. The van der Waals surface area contributed by atoms with Crippen LogP contribution in [0.1, 0.15) is 16.7 Å². The van der Waals surface area contributed by atoms with E-state index in [0.717, 1.165) is 22.1 Å². The van der Waals surface area contributed by atoms with Gasteiger partial charge in [-0.3, -0.25) is 0 Å². The number of thiophene rings is 1. The van der Waals surface area contributed by atoms with Crippen LogP contribution in [0.5, 0.6) is 0 Å². The molecular formula is C11H12ClNOS. The van der Waals surface area contributed by atoms with Gasteiger partial charge in [0.2, 0.25) is 0 Å². The van der Waals surface area contributed by atoms with Gasteiger partial charge in [-0.05, 0) is 30.6 Å². The first-order chi connectivity index (χ1) is 7.31. The molecule has 2 aromatic rings. The van der Waals surface area contributed by atoms with Gasteiger partial charge in [0, 0.05) is 17.3 Å². The van der Waals surface area contributed by atoms with Gasteiger partial charge >= 0.3 is 0 Å². The largest absolute Gasteiger partial charge is 0.469 e. The molecular weight excluding hydrogens is 230 g/mol. The molecule has 80 valence electrons. The molecule has 2 rings (SSSR count). The Morgan fingerprint density at radius 3 is 2.93 bits per heavy atom. The summed E-state index contributed by atoms with van der Waals surface area (Å²) in [6.07, 6.45) is 2.52. The fourth-order valence-corrected chi connectivity index (χ4v) is 2.81. The van der Waals surface area contributed by atoms with Crippen molar-refractivity contribution >= 4 is 22.9 Å². The molecule has 0 fully saturated rings. The van der Waals surface area contributed by atoms with E-state index in [1.165, 1.54) is 0 Å². The van der Waals surface area contributed by atoms with Crippen molar-refractivity contribution in [3.05, 3.63) is 45.5 Å². The first kappa shape index (κ1) is 10.7. The predicted octanol–water partition coefficient (Wildman–Crippen LogP) is 3.50. The van der Waals surface area contributed by atoms with Crippen molar-refractivity contribution < 1.29 is 4.42 Å². The Morgan fingerprint density at radius 1 is 1.53 bits per heavy atom. The topological polar surface area (TPSA) is 25.2 Å². The van der Waals surface area contributed by atoms with Crippen LogP contribution in [-0.2, 0) is 6.42 Å². The van der Waals surface area contributed by atoms with E-state index in [9.17, 15) is 0 Å². The van der Waals surface area contributed by atoms with Gasteiger partial charge in [-0.15, -0.1) is 11.3 Å². The highest BCUT2D eigenvalue weighted by atomic mass is 35.5.